The quantitative estimate of drug-likeness (QED) is 0.174. The van der Waals surface area contributed by atoms with Gasteiger partial charge in [-0.3, -0.25) is 5.01 Å². The maximum absolute atomic E-state index is 6.29. The van der Waals surface area contributed by atoms with E-state index < -0.39 is 0 Å². The average Bonchev–Trinajstić information content (AvgIpc) is 2.95. The molecular weight excluding hydrogens is 472 g/mol. The Bertz CT molecular complexity index is 1150. The van der Waals surface area contributed by atoms with Crippen LogP contribution in [0.15, 0.2) is 95.7 Å². The van der Waals surface area contributed by atoms with Crippen molar-refractivity contribution in [2.45, 2.75) is 52.9 Å². The normalized spacial score (nSPS) is 11.9. The monoisotopic (exact) mass is 514 g/mol. The number of nitrogens with one attached hydrogen (secondary N) is 1. The Morgan fingerprint density at radius 2 is 1.50 bits per heavy atom. The highest BCUT2D eigenvalue weighted by Gasteiger charge is 2.12. The molecule has 202 valence electrons. The van der Waals surface area contributed by atoms with E-state index in [0.29, 0.717) is 26.3 Å². The van der Waals surface area contributed by atoms with Gasteiger partial charge in [0, 0.05) is 12.3 Å². The minimum absolute atomic E-state index is 0.466. The van der Waals surface area contributed by atoms with Gasteiger partial charge in [-0.1, -0.05) is 80.1 Å². The summed E-state index contributed by atoms with van der Waals surface area (Å²) in [6.45, 7) is 7.37. The van der Waals surface area contributed by atoms with Gasteiger partial charge in [0.2, 0.25) is 0 Å². The second-order valence-corrected chi connectivity index (χ2v) is 9.44. The summed E-state index contributed by atoms with van der Waals surface area (Å²) in [6, 6.07) is 26.5. The number of rotatable bonds is 16. The molecule has 3 rings (SSSR count). The lowest BCUT2D eigenvalue weighted by Gasteiger charge is -2.23. The largest absolute Gasteiger partial charge is 0.485 e. The third-order valence-corrected chi connectivity index (χ3v) is 6.05. The first-order valence-electron chi connectivity index (χ1n) is 13.4. The van der Waals surface area contributed by atoms with Crippen LogP contribution in [0.2, 0.25) is 0 Å². The topological polar surface area (TPSA) is 72.1 Å². The van der Waals surface area contributed by atoms with Gasteiger partial charge in [0.25, 0.3) is 0 Å². The molecule has 3 N–H and O–H groups in total. The number of hydrazone groups is 1. The summed E-state index contributed by atoms with van der Waals surface area (Å²) in [4.78, 5) is 0. The van der Waals surface area contributed by atoms with E-state index in [0.717, 1.165) is 59.6 Å². The van der Waals surface area contributed by atoms with Crippen LogP contribution in [0.3, 0.4) is 0 Å². The van der Waals surface area contributed by atoms with Gasteiger partial charge >= 0.3 is 0 Å². The molecule has 0 atom stereocenters. The van der Waals surface area contributed by atoms with Crippen LogP contribution in [0.4, 0.5) is 0 Å². The molecule has 0 heterocycles. The summed E-state index contributed by atoms with van der Waals surface area (Å²) in [7, 11) is 1.97. The van der Waals surface area contributed by atoms with Crippen molar-refractivity contribution in [2.75, 3.05) is 20.1 Å². The molecule has 6 heteroatoms. The van der Waals surface area contributed by atoms with Crippen LogP contribution in [-0.4, -0.2) is 30.9 Å². The zero-order valence-corrected chi connectivity index (χ0v) is 23.0. The molecular formula is C32H42N4O2. The first-order valence-corrected chi connectivity index (χ1v) is 13.4. The fraction of sp³-hybridized carbons (Fsp3) is 0.344. The third-order valence-electron chi connectivity index (χ3n) is 6.05. The van der Waals surface area contributed by atoms with Crippen molar-refractivity contribution in [3.63, 3.8) is 0 Å². The minimum atomic E-state index is 0.466. The highest BCUT2D eigenvalue weighted by Crippen LogP contribution is 2.31. The van der Waals surface area contributed by atoms with E-state index in [4.69, 9.17) is 20.3 Å². The van der Waals surface area contributed by atoms with Crippen molar-refractivity contribution in [1.82, 2.24) is 10.3 Å². The number of nitrogens with two attached hydrogens (primary N) is 1. The van der Waals surface area contributed by atoms with Crippen LogP contribution in [0.25, 0.3) is 0 Å². The first-order chi connectivity index (χ1) is 18.6. The van der Waals surface area contributed by atoms with Gasteiger partial charge in [0.15, 0.2) is 11.5 Å². The molecule has 0 aliphatic heterocycles. The summed E-state index contributed by atoms with van der Waals surface area (Å²) in [5.74, 6) is 1.45. The van der Waals surface area contributed by atoms with Crippen molar-refractivity contribution in [3.05, 3.63) is 107 Å². The molecule has 0 aliphatic carbocycles. The van der Waals surface area contributed by atoms with Crippen LogP contribution in [0, 0.1) is 0 Å². The summed E-state index contributed by atoms with van der Waals surface area (Å²) >= 11 is 0. The molecule has 0 aromatic heterocycles. The molecule has 0 aliphatic rings. The molecule has 6 nitrogen and oxygen atoms in total. The minimum Gasteiger partial charge on any atom is -0.485 e. The number of nitrogens with zero attached hydrogens (tertiary/aromatic N) is 2. The second kappa shape index (κ2) is 16.2. The Morgan fingerprint density at radius 3 is 2.08 bits per heavy atom. The molecule has 3 aromatic carbocycles. The van der Waals surface area contributed by atoms with Crippen molar-refractivity contribution in [1.29, 1.82) is 0 Å². The van der Waals surface area contributed by atoms with Crippen LogP contribution < -0.4 is 20.5 Å². The maximum atomic E-state index is 6.29. The molecule has 0 fully saturated rings. The van der Waals surface area contributed by atoms with E-state index >= 15 is 0 Å². The zero-order valence-electron chi connectivity index (χ0n) is 23.0. The SMILES string of the molecule is CCC/C(CCNC)=N\N(C/C(C)=C/N)Cc1ccc(OCc2ccccc2)c(OCc2ccccc2)c1. The molecule has 0 radical (unpaired) electrons. The van der Waals surface area contributed by atoms with Crippen LogP contribution >= 0.6 is 0 Å². The van der Waals surface area contributed by atoms with E-state index in [9.17, 15) is 0 Å². The highest BCUT2D eigenvalue weighted by atomic mass is 16.5. The Balaban J connectivity index is 1.84. The lowest BCUT2D eigenvalue weighted by molar-refractivity contribution is 0.254. The number of benzene rings is 3. The Hall–Kier alpha value is -3.77. The number of hydrogen-bond acceptors (Lipinski definition) is 6. The van der Waals surface area contributed by atoms with Crippen LogP contribution in [-0.2, 0) is 19.8 Å². The third kappa shape index (κ3) is 9.94. The molecule has 0 saturated carbocycles. The lowest BCUT2D eigenvalue weighted by Crippen LogP contribution is -2.23. The van der Waals surface area contributed by atoms with Crippen molar-refractivity contribution >= 4 is 5.71 Å². The van der Waals surface area contributed by atoms with Crippen LogP contribution in [0.5, 0.6) is 11.5 Å². The number of ether oxygens (including phenoxy) is 2. The van der Waals surface area contributed by atoms with Crippen molar-refractivity contribution < 1.29 is 9.47 Å². The Morgan fingerprint density at radius 1 is 0.868 bits per heavy atom. The van der Waals surface area contributed by atoms with Gasteiger partial charge in [-0.15, -0.1) is 0 Å². The van der Waals surface area contributed by atoms with Crippen LogP contribution in [0.1, 0.15) is 49.8 Å². The standard InChI is InChI=1S/C32H42N4O2/c1-4-11-30(18-19-34-3)35-36(22-26(2)21-33)23-29-16-17-31(37-24-27-12-7-5-8-13-27)32(20-29)38-25-28-14-9-6-10-15-28/h5-10,12-17,20-21,34H,4,11,18-19,22-25,33H2,1-3H3/b26-21+,35-30+. The first kappa shape index (κ1) is 28.8. The number of hydrogen-bond donors (Lipinski definition) is 2. The van der Waals surface area contributed by atoms with Gasteiger partial charge < -0.3 is 20.5 Å². The van der Waals surface area contributed by atoms with Gasteiger partial charge in [-0.25, -0.2) is 0 Å². The summed E-state index contributed by atoms with van der Waals surface area (Å²) in [5.41, 5.74) is 11.4. The molecule has 0 bridgehead atoms. The fourth-order valence-corrected chi connectivity index (χ4v) is 4.01. The molecule has 3 aromatic rings. The predicted octanol–water partition coefficient (Wildman–Crippen LogP) is 6.27. The smallest absolute Gasteiger partial charge is 0.162 e. The maximum Gasteiger partial charge on any atom is 0.162 e. The molecule has 0 unspecified atom stereocenters. The summed E-state index contributed by atoms with van der Waals surface area (Å²) < 4.78 is 12.5. The summed E-state index contributed by atoms with van der Waals surface area (Å²) in [6.07, 6.45) is 4.61. The average molecular weight is 515 g/mol. The Labute approximate surface area is 228 Å². The van der Waals surface area contributed by atoms with E-state index in [2.05, 4.69) is 53.6 Å². The predicted molar refractivity (Wildman–Crippen MR) is 157 cm³/mol. The Kier molecular flexibility index (Phi) is 12.2. The lowest BCUT2D eigenvalue weighted by atomic mass is 10.1. The van der Waals surface area contributed by atoms with Gasteiger partial charge in [-0.2, -0.15) is 5.10 Å². The van der Waals surface area contributed by atoms with E-state index in [1.54, 1.807) is 6.20 Å². The van der Waals surface area contributed by atoms with Gasteiger partial charge in [0.05, 0.1) is 13.1 Å². The van der Waals surface area contributed by atoms with Gasteiger partial charge in [0.1, 0.15) is 13.2 Å². The van der Waals surface area contributed by atoms with E-state index in [-0.39, 0.29) is 0 Å². The van der Waals surface area contributed by atoms with Gasteiger partial charge in [-0.05, 0) is 67.4 Å². The highest BCUT2D eigenvalue weighted by molar-refractivity contribution is 5.84. The van der Waals surface area contributed by atoms with Crippen molar-refractivity contribution in [2.24, 2.45) is 10.8 Å². The summed E-state index contributed by atoms with van der Waals surface area (Å²) in [5, 5.41) is 10.4. The molecule has 38 heavy (non-hydrogen) atoms. The van der Waals surface area contributed by atoms with Crippen molar-refractivity contribution in [3.8, 4) is 11.5 Å². The molecule has 0 amide bonds. The zero-order chi connectivity index (χ0) is 27.0. The molecule has 0 saturated heterocycles. The van der Waals surface area contributed by atoms with E-state index in [1.165, 1.54) is 5.71 Å². The van der Waals surface area contributed by atoms with E-state index in [1.807, 2.05) is 56.4 Å². The second-order valence-electron chi connectivity index (χ2n) is 9.44. The fourth-order valence-electron chi connectivity index (χ4n) is 4.01. The molecule has 0 spiro atoms.